The van der Waals surface area contributed by atoms with Crippen molar-refractivity contribution < 1.29 is 24.2 Å². The minimum atomic E-state index is -1.08. The molecule has 0 saturated carbocycles. The highest BCUT2D eigenvalue weighted by molar-refractivity contribution is 6.34. The molecule has 0 aliphatic heterocycles. The Balaban J connectivity index is 2.09. The molecular formula is C34H40ClN3O5. The van der Waals surface area contributed by atoms with Crippen molar-refractivity contribution in [3.63, 3.8) is 0 Å². The molecular weight excluding hydrogens is 566 g/mol. The highest BCUT2D eigenvalue weighted by Gasteiger charge is 2.36. The van der Waals surface area contributed by atoms with E-state index in [1.165, 1.54) is 17.0 Å². The number of benzene rings is 3. The number of anilines is 1. The minimum Gasteiger partial charge on any atom is -0.508 e. The molecule has 0 fully saturated rings. The van der Waals surface area contributed by atoms with Gasteiger partial charge in [0.05, 0.1) is 10.7 Å². The van der Waals surface area contributed by atoms with E-state index in [0.717, 1.165) is 11.1 Å². The highest BCUT2D eigenvalue weighted by Crippen LogP contribution is 2.30. The average Bonchev–Trinajstić information content (AvgIpc) is 2.94. The number of hydrogen-bond acceptors (Lipinski definition) is 5. The second kappa shape index (κ2) is 14.7. The lowest BCUT2D eigenvalue weighted by Crippen LogP contribution is -2.53. The van der Waals surface area contributed by atoms with E-state index in [2.05, 4.69) is 17.2 Å². The average molecular weight is 606 g/mol. The summed E-state index contributed by atoms with van der Waals surface area (Å²) in [6, 6.07) is 16.8. The SMILES string of the molecule is C=Cc1cccc(C(C(=O)Nc2c(C)cccc2Cl)N(CCC)C(=O)C(Cc2ccc(O)cc2)NC(=O)OC(C)(C)C)c1. The van der Waals surface area contributed by atoms with E-state index in [0.29, 0.717) is 28.3 Å². The summed E-state index contributed by atoms with van der Waals surface area (Å²) in [4.78, 5) is 43.0. The maximum atomic E-state index is 14.4. The maximum Gasteiger partial charge on any atom is 0.408 e. The molecule has 0 bridgehead atoms. The molecule has 9 heteroatoms. The van der Waals surface area contributed by atoms with Crippen LogP contribution in [0.5, 0.6) is 5.75 Å². The second-order valence-corrected chi connectivity index (χ2v) is 11.7. The van der Waals surface area contributed by atoms with Crippen LogP contribution in [0, 0.1) is 6.92 Å². The first kappa shape index (κ1) is 33.2. The Labute approximate surface area is 258 Å². The van der Waals surface area contributed by atoms with Gasteiger partial charge in [0.1, 0.15) is 23.4 Å². The van der Waals surface area contributed by atoms with Gasteiger partial charge in [-0.2, -0.15) is 0 Å². The van der Waals surface area contributed by atoms with E-state index in [4.69, 9.17) is 16.3 Å². The van der Waals surface area contributed by atoms with E-state index >= 15 is 0 Å². The topological polar surface area (TPSA) is 108 Å². The first-order chi connectivity index (χ1) is 20.3. The van der Waals surface area contributed by atoms with Crippen LogP contribution in [0.3, 0.4) is 0 Å². The third-order valence-electron chi connectivity index (χ3n) is 6.61. The molecule has 3 N–H and O–H groups in total. The molecule has 0 heterocycles. The third kappa shape index (κ3) is 9.35. The van der Waals surface area contributed by atoms with E-state index in [1.807, 2.05) is 32.0 Å². The predicted molar refractivity (Wildman–Crippen MR) is 171 cm³/mol. The maximum absolute atomic E-state index is 14.4. The molecule has 3 rings (SSSR count). The number of amides is 3. The van der Waals surface area contributed by atoms with Crippen LogP contribution in [0.4, 0.5) is 10.5 Å². The predicted octanol–water partition coefficient (Wildman–Crippen LogP) is 7.05. The number of nitrogens with zero attached hydrogens (tertiary/aromatic N) is 1. The van der Waals surface area contributed by atoms with E-state index in [-0.39, 0.29) is 18.7 Å². The highest BCUT2D eigenvalue weighted by atomic mass is 35.5. The number of ether oxygens (including phenoxy) is 1. The van der Waals surface area contributed by atoms with Crippen molar-refractivity contribution in [2.24, 2.45) is 0 Å². The monoisotopic (exact) mass is 605 g/mol. The quantitative estimate of drug-likeness (QED) is 0.217. The fourth-order valence-electron chi connectivity index (χ4n) is 4.64. The van der Waals surface area contributed by atoms with Crippen LogP contribution in [0.15, 0.2) is 73.3 Å². The number of phenolic OH excluding ortho intramolecular Hbond substituents is 1. The van der Waals surface area contributed by atoms with Gasteiger partial charge in [-0.1, -0.05) is 73.6 Å². The Kier molecular flexibility index (Phi) is 11.4. The summed E-state index contributed by atoms with van der Waals surface area (Å²) in [6.45, 7) is 13.0. The lowest BCUT2D eigenvalue weighted by atomic mass is 9.98. The number of rotatable bonds is 11. The first-order valence-corrected chi connectivity index (χ1v) is 14.6. The normalized spacial score (nSPS) is 12.5. The van der Waals surface area contributed by atoms with Gasteiger partial charge in [-0.25, -0.2) is 4.79 Å². The van der Waals surface area contributed by atoms with Crippen LogP contribution in [-0.4, -0.2) is 46.1 Å². The van der Waals surface area contributed by atoms with Gasteiger partial charge >= 0.3 is 6.09 Å². The van der Waals surface area contributed by atoms with Crippen LogP contribution >= 0.6 is 11.6 Å². The van der Waals surface area contributed by atoms with Gasteiger partial charge in [0.25, 0.3) is 5.91 Å². The Morgan fingerprint density at radius 2 is 1.74 bits per heavy atom. The van der Waals surface area contributed by atoms with Gasteiger partial charge in [-0.3, -0.25) is 9.59 Å². The van der Waals surface area contributed by atoms with Gasteiger partial charge in [0, 0.05) is 13.0 Å². The van der Waals surface area contributed by atoms with Gasteiger partial charge in [0.15, 0.2) is 0 Å². The molecule has 0 spiro atoms. The fourth-order valence-corrected chi connectivity index (χ4v) is 4.90. The van der Waals surface area contributed by atoms with Crippen LogP contribution in [0.1, 0.15) is 62.4 Å². The third-order valence-corrected chi connectivity index (χ3v) is 6.92. The van der Waals surface area contributed by atoms with Crippen molar-refractivity contribution in [1.82, 2.24) is 10.2 Å². The summed E-state index contributed by atoms with van der Waals surface area (Å²) in [7, 11) is 0. The van der Waals surface area contributed by atoms with Crippen molar-refractivity contribution >= 4 is 41.3 Å². The van der Waals surface area contributed by atoms with E-state index in [9.17, 15) is 19.5 Å². The standard InChI is InChI=1S/C34H40ClN3O5/c1-7-19-38(32(41)28(36-33(42)43-34(4,5)6)21-24-15-17-26(39)18-16-24)30(25-13-10-12-23(8-2)20-25)31(40)37-29-22(3)11-9-14-27(29)35/h8-18,20,28,30,39H,2,7,19,21H2,1,3-6H3,(H,36,42)(H,37,40). The summed E-state index contributed by atoms with van der Waals surface area (Å²) in [5, 5.41) is 15.8. The molecule has 228 valence electrons. The molecule has 3 aromatic carbocycles. The smallest absolute Gasteiger partial charge is 0.408 e. The molecule has 0 aromatic heterocycles. The molecule has 0 radical (unpaired) electrons. The Hall–Kier alpha value is -4.30. The molecule has 2 unspecified atom stereocenters. The van der Waals surface area contributed by atoms with Crippen LogP contribution in [-0.2, 0) is 20.7 Å². The van der Waals surface area contributed by atoms with Crippen molar-refractivity contribution in [3.8, 4) is 5.75 Å². The fraction of sp³-hybridized carbons (Fsp3) is 0.324. The van der Waals surface area contributed by atoms with Crippen LogP contribution < -0.4 is 10.6 Å². The summed E-state index contributed by atoms with van der Waals surface area (Å²) < 4.78 is 5.48. The van der Waals surface area contributed by atoms with E-state index < -0.39 is 35.6 Å². The number of nitrogens with one attached hydrogen (secondary N) is 2. The zero-order valence-corrected chi connectivity index (χ0v) is 26.1. The van der Waals surface area contributed by atoms with Gasteiger partial charge in [-0.05, 0) is 80.6 Å². The molecule has 0 aliphatic carbocycles. The largest absolute Gasteiger partial charge is 0.508 e. The number of para-hydroxylation sites is 1. The zero-order valence-electron chi connectivity index (χ0n) is 25.3. The van der Waals surface area contributed by atoms with Crippen molar-refractivity contribution in [3.05, 3.63) is 101 Å². The number of carbonyl (C=O) groups is 3. The van der Waals surface area contributed by atoms with Gasteiger partial charge in [0.2, 0.25) is 5.91 Å². The van der Waals surface area contributed by atoms with E-state index in [1.54, 1.807) is 63.2 Å². The Morgan fingerprint density at radius 1 is 1.07 bits per heavy atom. The molecule has 43 heavy (non-hydrogen) atoms. The number of aromatic hydroxyl groups is 1. The summed E-state index contributed by atoms with van der Waals surface area (Å²) in [6.07, 6.45) is 1.55. The molecule has 8 nitrogen and oxygen atoms in total. The molecule has 0 aliphatic rings. The zero-order chi connectivity index (χ0) is 31.7. The molecule has 2 atom stereocenters. The first-order valence-electron chi connectivity index (χ1n) is 14.2. The number of alkyl carbamates (subject to hydrolysis) is 1. The lowest BCUT2D eigenvalue weighted by molar-refractivity contribution is -0.140. The van der Waals surface area contributed by atoms with Crippen molar-refractivity contribution in [2.75, 3.05) is 11.9 Å². The van der Waals surface area contributed by atoms with Gasteiger partial charge < -0.3 is 25.4 Å². The molecule has 3 amide bonds. The van der Waals surface area contributed by atoms with Crippen molar-refractivity contribution in [1.29, 1.82) is 0 Å². The molecule has 0 saturated heterocycles. The molecule has 3 aromatic rings. The van der Waals surface area contributed by atoms with Gasteiger partial charge in [-0.15, -0.1) is 0 Å². The minimum absolute atomic E-state index is 0.0769. The number of phenols is 1. The number of halogens is 1. The number of carbonyl (C=O) groups excluding carboxylic acids is 3. The van der Waals surface area contributed by atoms with Crippen molar-refractivity contribution in [2.45, 2.75) is 65.1 Å². The second-order valence-electron chi connectivity index (χ2n) is 11.3. The lowest BCUT2D eigenvalue weighted by Gasteiger charge is -2.34. The Morgan fingerprint density at radius 3 is 2.35 bits per heavy atom. The number of aryl methyl sites for hydroxylation is 1. The number of hydrogen-bond donors (Lipinski definition) is 3. The van der Waals surface area contributed by atoms with Crippen LogP contribution in [0.2, 0.25) is 5.02 Å². The van der Waals surface area contributed by atoms with Crippen LogP contribution in [0.25, 0.3) is 6.08 Å². The summed E-state index contributed by atoms with van der Waals surface area (Å²) in [5.74, 6) is -0.853. The summed E-state index contributed by atoms with van der Waals surface area (Å²) >= 11 is 6.45. The Bertz CT molecular complexity index is 1430. The summed E-state index contributed by atoms with van der Waals surface area (Å²) in [5.41, 5.74) is 2.48.